The summed E-state index contributed by atoms with van der Waals surface area (Å²) in [7, 11) is -0.604. The van der Waals surface area contributed by atoms with Crippen molar-refractivity contribution >= 4 is 31.1 Å². The average Bonchev–Trinajstić information content (AvgIpc) is 3.80. The summed E-state index contributed by atoms with van der Waals surface area (Å²) in [5, 5.41) is 6.12. The monoisotopic (exact) mass is 762 g/mol. The van der Waals surface area contributed by atoms with Crippen LogP contribution in [0.2, 0.25) is 0 Å². The molecule has 2 bridgehead atoms. The molecule has 1 aromatic carbocycles. The van der Waals surface area contributed by atoms with E-state index in [1.165, 1.54) is 4.90 Å². The molecule has 12 nitrogen and oxygen atoms in total. The van der Waals surface area contributed by atoms with E-state index in [9.17, 15) is 19.2 Å². The maximum Gasteiger partial charge on any atom is 0.481 e. The van der Waals surface area contributed by atoms with E-state index in [-0.39, 0.29) is 42.4 Å². The molecule has 0 spiro atoms. The molecule has 55 heavy (non-hydrogen) atoms. The maximum absolute atomic E-state index is 14.6. The molecular weight excluding hydrogens is 699 g/mol. The van der Waals surface area contributed by atoms with Crippen molar-refractivity contribution in [3.63, 3.8) is 0 Å². The van der Waals surface area contributed by atoms with E-state index in [1.54, 1.807) is 4.90 Å². The van der Waals surface area contributed by atoms with Crippen LogP contribution >= 0.6 is 0 Å². The lowest BCUT2D eigenvalue weighted by atomic mass is 9.43. The Bertz CT molecular complexity index is 1630. The Kier molecular flexibility index (Phi) is 10.6. The number of alkyl carbamates (subject to hydrolysis) is 1. The lowest BCUT2D eigenvalue weighted by molar-refractivity contribution is -0.199. The van der Waals surface area contributed by atoms with Crippen LogP contribution < -0.4 is 10.6 Å². The minimum absolute atomic E-state index is 0.0107. The van der Waals surface area contributed by atoms with E-state index in [2.05, 4.69) is 31.4 Å². The van der Waals surface area contributed by atoms with Gasteiger partial charge in [-0.15, -0.1) is 0 Å². The summed E-state index contributed by atoms with van der Waals surface area (Å²) in [5.41, 5.74) is 0.901. The van der Waals surface area contributed by atoms with Crippen LogP contribution in [0.25, 0.3) is 0 Å². The molecule has 8 atom stereocenters. The average molecular weight is 763 g/mol. The van der Waals surface area contributed by atoms with Crippen molar-refractivity contribution in [2.75, 3.05) is 13.2 Å². The van der Waals surface area contributed by atoms with Gasteiger partial charge in [-0.2, -0.15) is 0 Å². The van der Waals surface area contributed by atoms with Gasteiger partial charge in [0, 0.05) is 19.5 Å². The van der Waals surface area contributed by atoms with Crippen LogP contribution in [0.5, 0.6) is 0 Å². The van der Waals surface area contributed by atoms with Crippen molar-refractivity contribution in [3.05, 3.63) is 35.4 Å². The fraction of sp³-hybridized carbons (Fsp3) is 0.762. The maximum atomic E-state index is 14.6. The van der Waals surface area contributed by atoms with Crippen molar-refractivity contribution in [2.24, 2.45) is 34.0 Å². The Balaban J connectivity index is 1.10. The quantitative estimate of drug-likeness (QED) is 0.283. The molecule has 2 N–H and O–H groups in total. The van der Waals surface area contributed by atoms with Crippen molar-refractivity contribution < 1.29 is 38.0 Å². The molecule has 0 radical (unpaired) electrons. The fourth-order valence-electron chi connectivity index (χ4n) is 9.99. The zero-order chi connectivity index (χ0) is 39.7. The van der Waals surface area contributed by atoms with E-state index in [0.29, 0.717) is 30.8 Å². The number of rotatable bonds is 9. The van der Waals surface area contributed by atoms with Gasteiger partial charge >= 0.3 is 19.3 Å². The summed E-state index contributed by atoms with van der Waals surface area (Å²) in [6.07, 6.45) is 4.31. The van der Waals surface area contributed by atoms with E-state index in [4.69, 9.17) is 18.8 Å². The summed E-state index contributed by atoms with van der Waals surface area (Å²) in [6.45, 7) is 19.4. The molecule has 1 aromatic rings. The molecular formula is C42H63BN4O8. The Morgan fingerprint density at radius 2 is 1.64 bits per heavy atom. The fourth-order valence-corrected chi connectivity index (χ4v) is 9.99. The number of benzene rings is 1. The van der Waals surface area contributed by atoms with Gasteiger partial charge in [0.15, 0.2) is 0 Å². The number of amides is 4. The number of nitrogens with one attached hydrogen (secondary N) is 2. The molecule has 4 amide bonds. The molecule has 2 saturated heterocycles. The molecule has 4 aliphatic carbocycles. The van der Waals surface area contributed by atoms with Crippen LogP contribution in [0.15, 0.2) is 24.3 Å². The van der Waals surface area contributed by atoms with Crippen LogP contribution in [0.4, 0.5) is 9.59 Å². The number of ether oxygens (including phenoxy) is 2. The Labute approximate surface area is 327 Å². The highest BCUT2D eigenvalue weighted by molar-refractivity contribution is 6.48. The Morgan fingerprint density at radius 1 is 0.964 bits per heavy atom. The third kappa shape index (κ3) is 7.98. The summed E-state index contributed by atoms with van der Waals surface area (Å²) >= 11 is 0. The number of nitrogens with zero attached hydrogens (tertiary/aromatic N) is 2. The van der Waals surface area contributed by atoms with Crippen LogP contribution in [0.3, 0.4) is 0 Å². The van der Waals surface area contributed by atoms with Gasteiger partial charge in [-0.25, -0.2) is 9.59 Å². The van der Waals surface area contributed by atoms with Crippen molar-refractivity contribution in [1.29, 1.82) is 0 Å². The number of likely N-dealkylation sites (tertiary alicyclic amines) is 1. The minimum atomic E-state index is -1.01. The summed E-state index contributed by atoms with van der Waals surface area (Å²) in [4.78, 5) is 59.0. The first kappa shape index (κ1) is 39.9. The first-order valence-electron chi connectivity index (χ1n) is 20.6. The highest BCUT2D eigenvalue weighted by Crippen LogP contribution is 2.65. The van der Waals surface area contributed by atoms with Gasteiger partial charge in [0.2, 0.25) is 11.8 Å². The number of hydrogen-bond acceptors (Lipinski definition) is 8. The lowest BCUT2D eigenvalue weighted by Crippen LogP contribution is -2.65. The van der Waals surface area contributed by atoms with Gasteiger partial charge in [0.25, 0.3) is 0 Å². The second kappa shape index (κ2) is 14.6. The summed E-state index contributed by atoms with van der Waals surface area (Å²) in [6, 6.07) is 5.95. The largest absolute Gasteiger partial charge is 0.481 e. The zero-order valence-corrected chi connectivity index (χ0v) is 34.4. The predicted molar refractivity (Wildman–Crippen MR) is 207 cm³/mol. The van der Waals surface area contributed by atoms with Gasteiger partial charge in [0.05, 0.1) is 30.8 Å². The van der Waals surface area contributed by atoms with Crippen LogP contribution in [0.1, 0.15) is 118 Å². The SMILES string of the molecule is CC(C)(C)COC(=O)N[C@H](C(=O)N1C[C@H](OC(=O)N2Cc3ccccc3C2)C[C@H]1C(=O)N[C@@H](CC1CCC1)B1O[C@@H]2C[C@H]3C[C@H](C3(C)C)[C@]2(C)O1)C(C)(C)C. The van der Waals surface area contributed by atoms with Crippen LogP contribution in [-0.2, 0) is 41.5 Å². The number of carbonyl (C=O) groups is 4. The van der Waals surface area contributed by atoms with Crippen molar-refractivity contribution in [1.82, 2.24) is 20.4 Å². The molecule has 7 aliphatic rings. The van der Waals surface area contributed by atoms with Crippen molar-refractivity contribution in [2.45, 2.75) is 156 Å². The first-order chi connectivity index (χ1) is 25.7. The van der Waals surface area contributed by atoms with E-state index in [1.807, 2.05) is 65.8 Å². The lowest BCUT2D eigenvalue weighted by Gasteiger charge is -2.64. The highest BCUT2D eigenvalue weighted by Gasteiger charge is 2.68. The van der Waals surface area contributed by atoms with Gasteiger partial charge in [-0.05, 0) is 71.3 Å². The summed E-state index contributed by atoms with van der Waals surface area (Å²) in [5.74, 6) is 0.242. The topological polar surface area (TPSA) is 136 Å². The zero-order valence-electron chi connectivity index (χ0n) is 34.4. The smallest absolute Gasteiger partial charge is 0.449 e. The van der Waals surface area contributed by atoms with E-state index < -0.39 is 60.4 Å². The van der Waals surface area contributed by atoms with Crippen LogP contribution in [-0.4, -0.2) is 89.9 Å². The third-order valence-corrected chi connectivity index (χ3v) is 13.7. The van der Waals surface area contributed by atoms with Gasteiger partial charge in [-0.3, -0.25) is 14.5 Å². The normalized spacial score (nSPS) is 30.7. The highest BCUT2D eigenvalue weighted by atomic mass is 16.7. The summed E-state index contributed by atoms with van der Waals surface area (Å²) < 4.78 is 25.2. The third-order valence-electron chi connectivity index (χ3n) is 13.7. The van der Waals surface area contributed by atoms with Crippen molar-refractivity contribution in [3.8, 4) is 0 Å². The van der Waals surface area contributed by atoms with Gasteiger partial charge in [-0.1, -0.05) is 98.9 Å². The van der Waals surface area contributed by atoms with E-state index >= 15 is 0 Å². The molecule has 0 aromatic heterocycles. The Morgan fingerprint density at radius 3 is 2.22 bits per heavy atom. The van der Waals surface area contributed by atoms with E-state index in [0.717, 1.165) is 49.7 Å². The molecule has 8 rings (SSSR count). The predicted octanol–water partition coefficient (Wildman–Crippen LogP) is 6.24. The minimum Gasteiger partial charge on any atom is -0.449 e. The number of fused-ring (bicyclic) bond motifs is 1. The number of carbonyl (C=O) groups excluding carboxylic acids is 4. The van der Waals surface area contributed by atoms with Gasteiger partial charge in [0.1, 0.15) is 18.2 Å². The second-order valence-electron chi connectivity index (χ2n) is 20.4. The molecule has 13 heteroatoms. The number of hydrogen-bond donors (Lipinski definition) is 2. The van der Waals surface area contributed by atoms with Crippen LogP contribution in [0, 0.1) is 34.0 Å². The molecule has 302 valence electrons. The molecule has 3 heterocycles. The van der Waals surface area contributed by atoms with Gasteiger partial charge < -0.3 is 34.3 Å². The molecule has 6 fully saturated rings. The first-order valence-corrected chi connectivity index (χ1v) is 20.6. The molecule has 4 saturated carbocycles. The standard InChI is InChI=1S/C42H63BN4O8/c1-39(2,3)24-52-37(50)45-34(40(4,5)6)36(49)47-23-29(53-38(51)46-21-26-15-10-11-16-27(26)22-46)20-30(47)35(48)44-33(17-25-13-12-14-25)43-54-32-19-28-18-31(41(28,7)8)42(32,9)55-43/h10-11,15-16,25,28-34H,12-14,17-24H2,1-9H3,(H,44,48)(H,45,50)/t28-,29-,30+,31-,32-,33+,34-,42+/m1/s1. The second-order valence-corrected chi connectivity index (χ2v) is 20.4. The Hall–Kier alpha value is -3.32. The molecule has 0 unspecified atom stereocenters. The molecule has 3 aliphatic heterocycles.